The van der Waals surface area contributed by atoms with E-state index in [0.29, 0.717) is 4.64 Å². The van der Waals surface area contributed by atoms with E-state index in [1.807, 2.05) is 19.9 Å². The second-order valence-electron chi connectivity index (χ2n) is 2.67. The molecule has 0 aliphatic carbocycles. The number of aromatic nitrogens is 2. The summed E-state index contributed by atoms with van der Waals surface area (Å²) < 4.78 is 5.71. The molecule has 0 amide bonds. The van der Waals surface area contributed by atoms with Gasteiger partial charge in [-0.2, -0.15) is 0 Å². The number of methoxy groups -OCH3 is 1. The van der Waals surface area contributed by atoms with Gasteiger partial charge in [0.2, 0.25) is 0 Å². The molecule has 1 aromatic heterocycles. The number of hydrogen-bond acceptors (Lipinski definition) is 3. The lowest BCUT2D eigenvalue weighted by atomic mass is 10.3. The van der Waals surface area contributed by atoms with Crippen LogP contribution in [0.5, 0.6) is 0 Å². The summed E-state index contributed by atoms with van der Waals surface area (Å²) in [6.45, 7) is 3.87. The van der Waals surface area contributed by atoms with Gasteiger partial charge >= 0.3 is 0 Å². The van der Waals surface area contributed by atoms with Gasteiger partial charge in [0.25, 0.3) is 0 Å². The quantitative estimate of drug-likeness (QED) is 0.716. The van der Waals surface area contributed by atoms with Crippen molar-refractivity contribution in [1.82, 2.24) is 9.97 Å². The van der Waals surface area contributed by atoms with Crippen LogP contribution in [0.3, 0.4) is 0 Å². The largest absolute Gasteiger partial charge is 0.374 e. The van der Waals surface area contributed by atoms with Gasteiger partial charge < -0.3 is 9.72 Å². The Labute approximate surface area is 76.8 Å². The Morgan fingerprint density at radius 3 is 2.83 bits per heavy atom. The summed E-state index contributed by atoms with van der Waals surface area (Å²) in [5, 5.41) is 0. The van der Waals surface area contributed by atoms with Crippen molar-refractivity contribution in [2.24, 2.45) is 0 Å². The minimum atomic E-state index is -0.0356. The van der Waals surface area contributed by atoms with Gasteiger partial charge in [0.05, 0.1) is 0 Å². The molecule has 3 nitrogen and oxygen atoms in total. The Balaban J connectivity index is 3.08. The number of hydrogen-bond donors (Lipinski definition) is 1. The van der Waals surface area contributed by atoms with E-state index in [1.54, 1.807) is 7.11 Å². The zero-order valence-corrected chi connectivity index (χ0v) is 8.23. The molecule has 66 valence electrons. The van der Waals surface area contributed by atoms with Crippen molar-refractivity contribution in [2.45, 2.75) is 20.0 Å². The number of aryl methyl sites for hydroxylation is 1. The van der Waals surface area contributed by atoms with Gasteiger partial charge in [-0.05, 0) is 19.9 Å². The van der Waals surface area contributed by atoms with Gasteiger partial charge in [0, 0.05) is 12.8 Å². The molecule has 0 saturated carbocycles. The minimum Gasteiger partial charge on any atom is -0.374 e. The highest BCUT2D eigenvalue weighted by atomic mass is 32.1. The predicted octanol–water partition coefficient (Wildman–Crippen LogP) is 2.16. The maximum Gasteiger partial charge on any atom is 0.136 e. The van der Waals surface area contributed by atoms with Crippen LogP contribution in [0, 0.1) is 11.6 Å². The molecule has 0 aromatic carbocycles. The first-order valence-corrected chi connectivity index (χ1v) is 4.15. The molecule has 1 heterocycles. The van der Waals surface area contributed by atoms with Crippen LogP contribution in [0.15, 0.2) is 6.07 Å². The summed E-state index contributed by atoms with van der Waals surface area (Å²) in [6.07, 6.45) is -0.0356. The van der Waals surface area contributed by atoms with Crippen LogP contribution in [-0.2, 0) is 4.74 Å². The lowest BCUT2D eigenvalue weighted by Crippen LogP contribution is -2.03. The van der Waals surface area contributed by atoms with Crippen LogP contribution < -0.4 is 0 Å². The maximum atomic E-state index is 5.11. The molecule has 1 rings (SSSR count). The summed E-state index contributed by atoms with van der Waals surface area (Å²) in [4.78, 5) is 7.24. The average Bonchev–Trinajstić information content (AvgIpc) is 2.01. The van der Waals surface area contributed by atoms with E-state index in [9.17, 15) is 0 Å². The summed E-state index contributed by atoms with van der Waals surface area (Å²) >= 11 is 4.97. The second-order valence-corrected chi connectivity index (χ2v) is 3.08. The van der Waals surface area contributed by atoms with Gasteiger partial charge in [-0.1, -0.05) is 12.2 Å². The Bertz CT molecular complexity index is 321. The molecule has 0 radical (unpaired) electrons. The topological polar surface area (TPSA) is 37.9 Å². The Hall–Kier alpha value is -0.740. The van der Waals surface area contributed by atoms with Gasteiger partial charge in [-0.3, -0.25) is 0 Å². The smallest absolute Gasteiger partial charge is 0.136 e. The molecular weight excluding hydrogens is 172 g/mol. The number of nitrogens with one attached hydrogen (secondary N) is 1. The van der Waals surface area contributed by atoms with E-state index in [2.05, 4.69) is 9.97 Å². The number of aromatic amines is 1. The standard InChI is InChI=1S/C8H12N2OS/c1-5-4-7(12)10-8(9-5)6(2)11-3/h4,6H,1-3H3,(H,9,10,12). The third-order valence-corrected chi connectivity index (χ3v) is 1.84. The fourth-order valence-electron chi connectivity index (χ4n) is 0.906. The first-order chi connectivity index (χ1) is 5.63. The lowest BCUT2D eigenvalue weighted by Gasteiger charge is -2.08. The first kappa shape index (κ1) is 9.35. The lowest BCUT2D eigenvalue weighted by molar-refractivity contribution is 0.112. The molecule has 0 aliphatic heterocycles. The zero-order chi connectivity index (χ0) is 9.14. The predicted molar refractivity (Wildman–Crippen MR) is 49.6 cm³/mol. The van der Waals surface area contributed by atoms with Crippen molar-refractivity contribution in [3.63, 3.8) is 0 Å². The highest BCUT2D eigenvalue weighted by Crippen LogP contribution is 2.10. The van der Waals surface area contributed by atoms with E-state index in [1.165, 1.54) is 0 Å². The summed E-state index contributed by atoms with van der Waals surface area (Å²) in [6, 6.07) is 1.82. The zero-order valence-electron chi connectivity index (χ0n) is 7.42. The van der Waals surface area contributed by atoms with Gasteiger partial charge in [0.15, 0.2) is 0 Å². The van der Waals surface area contributed by atoms with Crippen LogP contribution in [0.1, 0.15) is 24.5 Å². The molecule has 0 fully saturated rings. The van der Waals surface area contributed by atoms with E-state index in [4.69, 9.17) is 17.0 Å². The molecule has 0 spiro atoms. The summed E-state index contributed by atoms with van der Waals surface area (Å²) in [5.74, 6) is 0.780. The number of ether oxygens (including phenoxy) is 1. The Morgan fingerprint density at radius 1 is 1.67 bits per heavy atom. The van der Waals surface area contributed by atoms with E-state index in [-0.39, 0.29) is 6.10 Å². The van der Waals surface area contributed by atoms with Crippen molar-refractivity contribution in [1.29, 1.82) is 0 Å². The number of rotatable bonds is 2. The molecule has 1 N–H and O–H groups in total. The molecule has 0 aliphatic rings. The number of H-pyrrole nitrogens is 1. The van der Waals surface area contributed by atoms with E-state index >= 15 is 0 Å². The van der Waals surface area contributed by atoms with Crippen molar-refractivity contribution in [2.75, 3.05) is 7.11 Å². The third kappa shape index (κ3) is 2.12. The second kappa shape index (κ2) is 3.78. The van der Waals surface area contributed by atoms with Crippen molar-refractivity contribution in [3.8, 4) is 0 Å². The molecule has 12 heavy (non-hydrogen) atoms. The van der Waals surface area contributed by atoms with Crippen molar-refractivity contribution >= 4 is 12.2 Å². The third-order valence-electron chi connectivity index (χ3n) is 1.63. The van der Waals surface area contributed by atoms with E-state index in [0.717, 1.165) is 11.5 Å². The summed E-state index contributed by atoms with van der Waals surface area (Å²) in [7, 11) is 1.64. The molecule has 1 atom stereocenters. The molecule has 1 aromatic rings. The van der Waals surface area contributed by atoms with Crippen molar-refractivity contribution < 1.29 is 4.74 Å². The minimum absolute atomic E-state index is 0.0356. The van der Waals surface area contributed by atoms with Gasteiger partial charge in [-0.15, -0.1) is 0 Å². The maximum absolute atomic E-state index is 5.11. The van der Waals surface area contributed by atoms with Crippen LogP contribution in [0.2, 0.25) is 0 Å². The Kier molecular flexibility index (Phi) is 2.94. The highest BCUT2D eigenvalue weighted by molar-refractivity contribution is 7.71. The fourth-order valence-corrected chi connectivity index (χ4v) is 1.18. The summed E-state index contributed by atoms with van der Waals surface area (Å²) in [5.41, 5.74) is 1.01. The average molecular weight is 184 g/mol. The monoisotopic (exact) mass is 184 g/mol. The fraction of sp³-hybridized carbons (Fsp3) is 0.500. The van der Waals surface area contributed by atoms with Crippen molar-refractivity contribution in [3.05, 3.63) is 22.2 Å². The Morgan fingerprint density at radius 2 is 2.33 bits per heavy atom. The van der Waals surface area contributed by atoms with E-state index < -0.39 is 0 Å². The molecular formula is C8H12N2OS. The van der Waals surface area contributed by atoms with Crippen LogP contribution in [0.4, 0.5) is 0 Å². The molecule has 4 heteroatoms. The van der Waals surface area contributed by atoms with Gasteiger partial charge in [0.1, 0.15) is 16.6 Å². The van der Waals surface area contributed by atoms with Crippen LogP contribution >= 0.6 is 12.2 Å². The van der Waals surface area contributed by atoms with Crippen LogP contribution in [0.25, 0.3) is 0 Å². The van der Waals surface area contributed by atoms with Crippen LogP contribution in [-0.4, -0.2) is 17.1 Å². The SMILES string of the molecule is COC(C)c1nc(=S)cc(C)[nH]1. The highest BCUT2D eigenvalue weighted by Gasteiger charge is 2.05. The molecule has 1 unspecified atom stereocenters. The first-order valence-electron chi connectivity index (χ1n) is 3.74. The molecule has 0 saturated heterocycles. The van der Waals surface area contributed by atoms with Gasteiger partial charge in [-0.25, -0.2) is 4.98 Å². The number of nitrogens with zero attached hydrogens (tertiary/aromatic N) is 1. The molecule has 0 bridgehead atoms. The normalized spacial score (nSPS) is 12.9.